The molecule has 0 heterocycles. The van der Waals surface area contributed by atoms with Gasteiger partial charge in [0, 0.05) is 12.2 Å². The molecule has 2 aromatic carbocycles. The van der Waals surface area contributed by atoms with Crippen molar-refractivity contribution in [2.75, 3.05) is 11.9 Å². The van der Waals surface area contributed by atoms with Crippen LogP contribution < -0.4 is 5.32 Å². The largest absolute Gasteiger partial charge is 0.384 e. The zero-order valence-electron chi connectivity index (χ0n) is 13.3. The fourth-order valence-corrected chi connectivity index (χ4v) is 2.48. The summed E-state index contributed by atoms with van der Waals surface area (Å²) < 4.78 is 0. The summed E-state index contributed by atoms with van der Waals surface area (Å²) in [6, 6.07) is 18.6. The van der Waals surface area contributed by atoms with Gasteiger partial charge in [0.2, 0.25) is 0 Å². The number of hydrogen-bond acceptors (Lipinski definition) is 2. The average Bonchev–Trinajstić information content (AvgIpc) is 2.58. The Morgan fingerprint density at radius 1 is 1.09 bits per heavy atom. The summed E-state index contributed by atoms with van der Waals surface area (Å²) in [5.74, 6) is 0. The monoisotopic (exact) mass is 302 g/mol. The van der Waals surface area contributed by atoms with E-state index in [2.05, 4.69) is 48.3 Å². The normalized spacial score (nSPS) is 10.4. The van der Waals surface area contributed by atoms with Gasteiger partial charge in [-0.05, 0) is 35.6 Å². The molecule has 23 heavy (non-hydrogen) atoms. The lowest BCUT2D eigenvalue weighted by molar-refractivity contribution is 1.05. The summed E-state index contributed by atoms with van der Waals surface area (Å²) in [6.07, 6.45) is 8.35. The van der Waals surface area contributed by atoms with Crippen LogP contribution >= 0.6 is 0 Å². The molecule has 2 aromatic rings. The minimum Gasteiger partial charge on any atom is -0.384 e. The van der Waals surface area contributed by atoms with Crippen molar-refractivity contribution >= 4 is 11.8 Å². The molecule has 2 rings (SSSR count). The predicted octanol–water partition coefficient (Wildman–Crippen LogP) is 5.00. The Hall–Kier alpha value is -2.79. The van der Waals surface area contributed by atoms with Crippen LogP contribution in [0.3, 0.4) is 0 Å². The molecule has 0 unspecified atom stereocenters. The van der Waals surface area contributed by atoms with Gasteiger partial charge in [0.15, 0.2) is 0 Å². The molecule has 0 aliphatic carbocycles. The molecule has 0 aromatic heterocycles. The molecule has 0 spiro atoms. The van der Waals surface area contributed by atoms with Crippen LogP contribution in [0.15, 0.2) is 67.3 Å². The Balaban J connectivity index is 2.17. The van der Waals surface area contributed by atoms with E-state index in [-0.39, 0.29) is 0 Å². The molecule has 0 bridgehead atoms. The zero-order chi connectivity index (χ0) is 16.3. The molecule has 0 aliphatic rings. The van der Waals surface area contributed by atoms with Crippen LogP contribution in [0.25, 0.3) is 6.08 Å². The van der Waals surface area contributed by atoms with Crippen LogP contribution in [-0.2, 0) is 12.8 Å². The maximum atomic E-state index is 9.05. The summed E-state index contributed by atoms with van der Waals surface area (Å²) in [5.41, 5.74) is 4.59. The van der Waals surface area contributed by atoms with Crippen molar-refractivity contribution in [3.8, 4) is 6.07 Å². The second kappa shape index (κ2) is 9.27. The first-order valence-electron chi connectivity index (χ1n) is 7.89. The third-order valence-corrected chi connectivity index (χ3v) is 3.64. The van der Waals surface area contributed by atoms with E-state index < -0.39 is 0 Å². The number of nitrogens with zero attached hydrogens (tertiary/aromatic N) is 1. The maximum absolute atomic E-state index is 9.05. The van der Waals surface area contributed by atoms with E-state index in [0.717, 1.165) is 30.6 Å². The van der Waals surface area contributed by atoms with E-state index in [1.165, 1.54) is 11.1 Å². The Morgan fingerprint density at radius 3 is 2.65 bits per heavy atom. The molecule has 0 amide bonds. The van der Waals surface area contributed by atoms with Crippen molar-refractivity contribution in [1.29, 1.82) is 5.26 Å². The van der Waals surface area contributed by atoms with E-state index in [0.29, 0.717) is 6.42 Å². The fraction of sp³-hybridized carbons (Fsp3) is 0.190. The minimum absolute atomic E-state index is 0.436. The molecule has 0 radical (unpaired) electrons. The fourth-order valence-electron chi connectivity index (χ4n) is 2.48. The Labute approximate surface area is 138 Å². The molecule has 0 atom stereocenters. The predicted molar refractivity (Wildman–Crippen MR) is 98.2 cm³/mol. The quantitative estimate of drug-likeness (QED) is 0.550. The second-order valence-electron chi connectivity index (χ2n) is 5.30. The van der Waals surface area contributed by atoms with E-state index in [4.69, 9.17) is 5.26 Å². The smallest absolute Gasteiger partial charge is 0.0669 e. The SMILES string of the molecule is C=CCCNc1cccc(CC#N)c1C/C=C/c1ccccc1. The standard InChI is InChI=1S/C21H22N2/c1-2-3-17-23-21-14-8-12-19(15-16-22)20(21)13-7-11-18-9-5-4-6-10-18/h2,4-12,14,23H,1,3,13,15,17H2/b11-7+. The van der Waals surface area contributed by atoms with Crippen LogP contribution in [0, 0.1) is 11.3 Å². The molecule has 0 saturated carbocycles. The number of anilines is 1. The van der Waals surface area contributed by atoms with Crippen molar-refractivity contribution in [3.05, 3.63) is 84.0 Å². The highest BCUT2D eigenvalue weighted by Gasteiger charge is 2.06. The van der Waals surface area contributed by atoms with Gasteiger partial charge in [0.05, 0.1) is 12.5 Å². The number of rotatable bonds is 8. The molecule has 116 valence electrons. The number of hydrogen-bond donors (Lipinski definition) is 1. The number of allylic oxidation sites excluding steroid dienone is 1. The van der Waals surface area contributed by atoms with Crippen LogP contribution in [-0.4, -0.2) is 6.54 Å². The molecule has 0 saturated heterocycles. The second-order valence-corrected chi connectivity index (χ2v) is 5.30. The van der Waals surface area contributed by atoms with Gasteiger partial charge in [0.25, 0.3) is 0 Å². The Kier molecular flexibility index (Phi) is 6.68. The highest BCUT2D eigenvalue weighted by molar-refractivity contribution is 5.58. The van der Waals surface area contributed by atoms with Gasteiger partial charge in [-0.1, -0.05) is 60.7 Å². The van der Waals surface area contributed by atoms with Crippen LogP contribution in [0.4, 0.5) is 5.69 Å². The number of nitrogens with one attached hydrogen (secondary N) is 1. The van der Waals surface area contributed by atoms with E-state index in [1.54, 1.807) is 0 Å². The van der Waals surface area contributed by atoms with Crippen molar-refractivity contribution < 1.29 is 0 Å². The molecule has 2 nitrogen and oxygen atoms in total. The Morgan fingerprint density at radius 2 is 1.91 bits per heavy atom. The van der Waals surface area contributed by atoms with Gasteiger partial charge in [-0.3, -0.25) is 0 Å². The van der Waals surface area contributed by atoms with Gasteiger partial charge in [-0.25, -0.2) is 0 Å². The molecule has 0 fully saturated rings. The van der Waals surface area contributed by atoms with Gasteiger partial charge in [-0.2, -0.15) is 5.26 Å². The maximum Gasteiger partial charge on any atom is 0.0669 e. The first-order valence-corrected chi connectivity index (χ1v) is 7.89. The summed E-state index contributed by atoms with van der Waals surface area (Å²) in [7, 11) is 0. The van der Waals surface area contributed by atoms with E-state index >= 15 is 0 Å². The zero-order valence-corrected chi connectivity index (χ0v) is 13.3. The lowest BCUT2D eigenvalue weighted by Crippen LogP contribution is -2.05. The highest BCUT2D eigenvalue weighted by Crippen LogP contribution is 2.22. The van der Waals surface area contributed by atoms with Crippen molar-refractivity contribution in [2.24, 2.45) is 0 Å². The van der Waals surface area contributed by atoms with Crippen molar-refractivity contribution in [1.82, 2.24) is 0 Å². The molecule has 1 N–H and O–H groups in total. The summed E-state index contributed by atoms with van der Waals surface area (Å²) in [5, 5.41) is 12.5. The van der Waals surface area contributed by atoms with Crippen LogP contribution in [0.2, 0.25) is 0 Å². The highest BCUT2D eigenvalue weighted by atomic mass is 14.9. The summed E-state index contributed by atoms with van der Waals surface area (Å²) in [4.78, 5) is 0. The molecular formula is C21H22N2. The molecular weight excluding hydrogens is 280 g/mol. The third-order valence-electron chi connectivity index (χ3n) is 3.64. The summed E-state index contributed by atoms with van der Waals surface area (Å²) >= 11 is 0. The van der Waals surface area contributed by atoms with E-state index in [1.807, 2.05) is 36.4 Å². The van der Waals surface area contributed by atoms with Crippen LogP contribution in [0.1, 0.15) is 23.1 Å². The first-order chi connectivity index (χ1) is 11.3. The minimum atomic E-state index is 0.436. The molecule has 0 aliphatic heterocycles. The average molecular weight is 302 g/mol. The first kappa shape index (κ1) is 16.6. The topological polar surface area (TPSA) is 35.8 Å². The van der Waals surface area contributed by atoms with Gasteiger partial charge in [0.1, 0.15) is 0 Å². The number of nitriles is 1. The van der Waals surface area contributed by atoms with Crippen molar-refractivity contribution in [3.63, 3.8) is 0 Å². The number of benzene rings is 2. The van der Waals surface area contributed by atoms with Crippen LogP contribution in [0.5, 0.6) is 0 Å². The van der Waals surface area contributed by atoms with Gasteiger partial charge < -0.3 is 5.32 Å². The van der Waals surface area contributed by atoms with Gasteiger partial charge >= 0.3 is 0 Å². The molecule has 2 heteroatoms. The lowest BCUT2D eigenvalue weighted by atomic mass is 9.99. The van der Waals surface area contributed by atoms with Crippen molar-refractivity contribution in [2.45, 2.75) is 19.3 Å². The van der Waals surface area contributed by atoms with E-state index in [9.17, 15) is 0 Å². The third kappa shape index (κ3) is 5.16. The lowest BCUT2D eigenvalue weighted by Gasteiger charge is -2.13. The van der Waals surface area contributed by atoms with Gasteiger partial charge in [-0.15, -0.1) is 6.58 Å². The Bertz CT molecular complexity index is 694. The summed E-state index contributed by atoms with van der Waals surface area (Å²) in [6.45, 7) is 4.61.